The van der Waals surface area contributed by atoms with Gasteiger partial charge in [0.15, 0.2) is 17.3 Å². The number of H-pyrrole nitrogens is 1. The number of fused-ring (bicyclic) bond motifs is 1. The molecular weight excluding hydrogens is 422 g/mol. The molecule has 3 heterocycles. The number of hydrogen-bond acceptors (Lipinski definition) is 8. The molecule has 0 bridgehead atoms. The molecule has 4 aromatic rings. The van der Waals surface area contributed by atoms with E-state index in [1.807, 2.05) is 42.5 Å². The second-order valence-corrected chi connectivity index (χ2v) is 7.61. The Morgan fingerprint density at radius 2 is 1.76 bits per heavy atom. The van der Waals surface area contributed by atoms with Crippen LogP contribution in [0.4, 0.5) is 5.82 Å². The van der Waals surface area contributed by atoms with Crippen molar-refractivity contribution in [3.8, 4) is 28.6 Å². The van der Waals surface area contributed by atoms with Gasteiger partial charge in [0, 0.05) is 24.7 Å². The Morgan fingerprint density at radius 1 is 0.970 bits per heavy atom. The average molecular weight is 447 g/mol. The fourth-order valence-corrected chi connectivity index (χ4v) is 3.79. The van der Waals surface area contributed by atoms with Crippen molar-refractivity contribution in [3.05, 3.63) is 54.4 Å². The van der Waals surface area contributed by atoms with E-state index in [2.05, 4.69) is 14.9 Å². The smallest absolute Gasteiger partial charge is 0.164 e. The summed E-state index contributed by atoms with van der Waals surface area (Å²) >= 11 is 0. The van der Waals surface area contributed by atoms with E-state index in [-0.39, 0.29) is 0 Å². The zero-order valence-electron chi connectivity index (χ0n) is 18.6. The SMILES string of the molecule is COc1cc(COc2cccc(-c3nc(N4CCOCC4)c4nc[nH]c4n3)c2)cc(OC)c1. The maximum atomic E-state index is 6.06. The number of imidazole rings is 1. The molecule has 170 valence electrons. The van der Waals surface area contributed by atoms with Crippen LogP contribution in [0.1, 0.15) is 5.56 Å². The van der Waals surface area contributed by atoms with Crippen LogP contribution in [0.3, 0.4) is 0 Å². The van der Waals surface area contributed by atoms with Gasteiger partial charge in [-0.3, -0.25) is 0 Å². The van der Waals surface area contributed by atoms with Crippen LogP contribution in [0.15, 0.2) is 48.8 Å². The number of ether oxygens (including phenoxy) is 4. The largest absolute Gasteiger partial charge is 0.497 e. The summed E-state index contributed by atoms with van der Waals surface area (Å²) in [6, 6.07) is 13.5. The van der Waals surface area contributed by atoms with Gasteiger partial charge in [-0.15, -0.1) is 0 Å². The topological polar surface area (TPSA) is 94.6 Å². The van der Waals surface area contributed by atoms with Crippen molar-refractivity contribution in [2.24, 2.45) is 0 Å². The Labute approximate surface area is 191 Å². The first-order valence-corrected chi connectivity index (χ1v) is 10.7. The highest BCUT2D eigenvalue weighted by atomic mass is 16.5. The van der Waals surface area contributed by atoms with Gasteiger partial charge in [-0.2, -0.15) is 0 Å². The highest BCUT2D eigenvalue weighted by Crippen LogP contribution is 2.29. The second-order valence-electron chi connectivity index (χ2n) is 7.61. The first kappa shape index (κ1) is 21.0. The predicted octanol–water partition coefficient (Wildman–Crippen LogP) is 3.45. The van der Waals surface area contributed by atoms with Crippen LogP contribution >= 0.6 is 0 Å². The molecule has 9 nitrogen and oxygen atoms in total. The molecule has 1 N–H and O–H groups in total. The lowest BCUT2D eigenvalue weighted by Gasteiger charge is -2.28. The summed E-state index contributed by atoms with van der Waals surface area (Å²) in [6.45, 7) is 3.25. The second kappa shape index (κ2) is 9.33. The van der Waals surface area contributed by atoms with Crippen LogP contribution in [-0.4, -0.2) is 60.5 Å². The first-order chi connectivity index (χ1) is 16.2. The molecule has 1 saturated heterocycles. The van der Waals surface area contributed by atoms with E-state index < -0.39 is 0 Å². The average Bonchev–Trinajstić information content (AvgIpc) is 3.36. The van der Waals surface area contributed by atoms with Crippen molar-refractivity contribution < 1.29 is 18.9 Å². The third-order valence-electron chi connectivity index (χ3n) is 5.48. The molecule has 1 aliphatic heterocycles. The maximum Gasteiger partial charge on any atom is 0.164 e. The van der Waals surface area contributed by atoms with Crippen molar-refractivity contribution in [3.63, 3.8) is 0 Å². The van der Waals surface area contributed by atoms with E-state index in [0.29, 0.717) is 31.3 Å². The third-order valence-corrected chi connectivity index (χ3v) is 5.48. The zero-order chi connectivity index (χ0) is 22.6. The fourth-order valence-electron chi connectivity index (χ4n) is 3.79. The van der Waals surface area contributed by atoms with Crippen molar-refractivity contribution in [2.75, 3.05) is 45.4 Å². The van der Waals surface area contributed by atoms with Gasteiger partial charge in [0.1, 0.15) is 29.4 Å². The van der Waals surface area contributed by atoms with Gasteiger partial charge in [0.25, 0.3) is 0 Å². The van der Waals surface area contributed by atoms with Crippen molar-refractivity contribution in [2.45, 2.75) is 6.61 Å². The molecule has 0 unspecified atom stereocenters. The lowest BCUT2D eigenvalue weighted by molar-refractivity contribution is 0.122. The summed E-state index contributed by atoms with van der Waals surface area (Å²) in [5.41, 5.74) is 3.28. The van der Waals surface area contributed by atoms with Gasteiger partial charge in [-0.25, -0.2) is 15.0 Å². The molecule has 5 rings (SSSR count). The minimum absolute atomic E-state index is 0.372. The van der Waals surface area contributed by atoms with Crippen LogP contribution in [0.2, 0.25) is 0 Å². The fraction of sp³-hybridized carbons (Fsp3) is 0.292. The van der Waals surface area contributed by atoms with Crippen LogP contribution in [0, 0.1) is 0 Å². The Hall–Kier alpha value is -3.85. The van der Waals surface area contributed by atoms with E-state index in [9.17, 15) is 0 Å². The number of aromatic nitrogens is 4. The van der Waals surface area contributed by atoms with Crippen LogP contribution in [0.5, 0.6) is 17.2 Å². The quantitative estimate of drug-likeness (QED) is 0.460. The Bertz CT molecular complexity index is 1230. The molecule has 0 saturated carbocycles. The molecule has 2 aromatic heterocycles. The number of methoxy groups -OCH3 is 2. The summed E-state index contributed by atoms with van der Waals surface area (Å²) in [5, 5.41) is 0. The molecule has 0 radical (unpaired) electrons. The minimum Gasteiger partial charge on any atom is -0.497 e. The van der Waals surface area contributed by atoms with Gasteiger partial charge in [0.2, 0.25) is 0 Å². The third kappa shape index (κ3) is 4.54. The monoisotopic (exact) mass is 447 g/mol. The highest BCUT2D eigenvalue weighted by Gasteiger charge is 2.19. The lowest BCUT2D eigenvalue weighted by atomic mass is 10.2. The molecule has 1 fully saturated rings. The number of anilines is 1. The molecule has 2 aromatic carbocycles. The molecule has 1 aliphatic rings. The Kier molecular flexibility index (Phi) is 5.95. The summed E-state index contributed by atoms with van der Waals surface area (Å²) in [6.07, 6.45) is 1.65. The minimum atomic E-state index is 0.372. The van der Waals surface area contributed by atoms with Gasteiger partial charge in [-0.1, -0.05) is 12.1 Å². The van der Waals surface area contributed by atoms with Crippen molar-refractivity contribution in [1.82, 2.24) is 19.9 Å². The van der Waals surface area contributed by atoms with E-state index in [0.717, 1.165) is 52.8 Å². The van der Waals surface area contributed by atoms with Gasteiger partial charge in [0.05, 0.1) is 33.8 Å². The van der Waals surface area contributed by atoms with E-state index in [1.165, 1.54) is 0 Å². The maximum absolute atomic E-state index is 6.06. The first-order valence-electron chi connectivity index (χ1n) is 10.7. The summed E-state index contributed by atoms with van der Waals surface area (Å²) in [7, 11) is 3.26. The molecule has 9 heteroatoms. The zero-order valence-corrected chi connectivity index (χ0v) is 18.6. The Balaban J connectivity index is 1.41. The van der Waals surface area contributed by atoms with Crippen LogP contribution in [-0.2, 0) is 11.3 Å². The predicted molar refractivity (Wildman–Crippen MR) is 124 cm³/mol. The highest BCUT2D eigenvalue weighted by molar-refractivity contribution is 5.85. The summed E-state index contributed by atoms with van der Waals surface area (Å²) in [4.78, 5) is 19.3. The molecule has 33 heavy (non-hydrogen) atoms. The molecule has 0 spiro atoms. The lowest BCUT2D eigenvalue weighted by Crippen LogP contribution is -2.37. The number of benzene rings is 2. The standard InChI is InChI=1S/C24H25N5O4/c1-30-19-10-16(11-20(13-19)31-2)14-33-18-5-3-4-17(12-18)22-27-23-21(25-15-26-23)24(28-22)29-6-8-32-9-7-29/h3-5,10-13,15H,6-9,14H2,1-2H3,(H,25,26,27,28). The number of aromatic amines is 1. The van der Waals surface area contributed by atoms with Crippen molar-refractivity contribution in [1.29, 1.82) is 0 Å². The number of rotatable bonds is 7. The Morgan fingerprint density at radius 3 is 2.52 bits per heavy atom. The van der Waals surface area contributed by atoms with Gasteiger partial charge in [-0.05, 0) is 29.8 Å². The van der Waals surface area contributed by atoms with Crippen LogP contribution in [0.25, 0.3) is 22.6 Å². The van der Waals surface area contributed by atoms with E-state index in [1.54, 1.807) is 20.5 Å². The van der Waals surface area contributed by atoms with E-state index in [4.69, 9.17) is 28.9 Å². The van der Waals surface area contributed by atoms with Gasteiger partial charge < -0.3 is 28.8 Å². The van der Waals surface area contributed by atoms with Crippen LogP contribution < -0.4 is 19.1 Å². The molecule has 0 atom stereocenters. The summed E-state index contributed by atoms with van der Waals surface area (Å²) < 4.78 is 22.2. The number of hydrogen-bond donors (Lipinski definition) is 1. The molecular formula is C24H25N5O4. The summed E-state index contributed by atoms with van der Waals surface area (Å²) in [5.74, 6) is 3.59. The number of nitrogens with zero attached hydrogens (tertiary/aromatic N) is 4. The molecule has 0 aliphatic carbocycles. The van der Waals surface area contributed by atoms with E-state index >= 15 is 0 Å². The van der Waals surface area contributed by atoms with Gasteiger partial charge >= 0.3 is 0 Å². The molecule has 0 amide bonds. The normalized spacial score (nSPS) is 13.8. The number of morpholine rings is 1. The van der Waals surface area contributed by atoms with Crippen molar-refractivity contribution >= 4 is 17.0 Å². The number of nitrogens with one attached hydrogen (secondary N) is 1.